The van der Waals surface area contributed by atoms with Gasteiger partial charge in [-0.3, -0.25) is 0 Å². The Bertz CT molecular complexity index is 250. The lowest BCUT2D eigenvalue weighted by molar-refractivity contribution is 0.459. The molecular weight excluding hydrogens is 244 g/mol. The van der Waals surface area contributed by atoms with Gasteiger partial charge in [0.2, 0.25) is 5.89 Å². The van der Waals surface area contributed by atoms with Crippen LogP contribution in [0.4, 0.5) is 0 Å². The maximum Gasteiger partial charge on any atom is 0.284 e. The molecule has 1 rings (SSSR count). The molecule has 0 fully saturated rings. The van der Waals surface area contributed by atoms with Crippen molar-refractivity contribution in [2.24, 2.45) is 0 Å². The van der Waals surface area contributed by atoms with E-state index in [1.807, 2.05) is 0 Å². The Hall–Kier alpha value is -0.380. The predicted octanol–water partition coefficient (Wildman–Crippen LogP) is 3.74. The highest BCUT2D eigenvalue weighted by Crippen LogP contribution is 2.11. The second kappa shape index (κ2) is 6.98. The van der Waals surface area contributed by atoms with Gasteiger partial charge in [0.25, 0.3) is 4.80 Å². The van der Waals surface area contributed by atoms with E-state index in [4.69, 9.17) is 4.42 Å². The molecule has 80 valence electrons. The van der Waals surface area contributed by atoms with E-state index < -0.39 is 0 Å². The average Bonchev–Trinajstić information content (AvgIpc) is 2.58. The fourth-order valence-electron chi connectivity index (χ4n) is 1.39. The molecule has 0 aromatic carbocycles. The highest BCUT2D eigenvalue weighted by molar-refractivity contribution is 9.10. The Morgan fingerprint density at radius 1 is 1.07 bits per heavy atom. The standard InChI is InChI=1S/C10H17BrN2O/c1-2-3-4-5-6-7-8-9-12-13-10(11)14-9/h2-8H2,1H3. The number of aromatic nitrogens is 2. The van der Waals surface area contributed by atoms with Crippen molar-refractivity contribution in [3.8, 4) is 0 Å². The zero-order valence-corrected chi connectivity index (χ0v) is 10.2. The highest BCUT2D eigenvalue weighted by atomic mass is 79.9. The summed E-state index contributed by atoms with van der Waals surface area (Å²) in [6.07, 6.45) is 8.65. The summed E-state index contributed by atoms with van der Waals surface area (Å²) in [6, 6.07) is 0. The first kappa shape index (κ1) is 11.7. The molecular formula is C10H17BrN2O. The number of aryl methyl sites for hydroxylation is 1. The largest absolute Gasteiger partial charge is 0.416 e. The zero-order chi connectivity index (χ0) is 10.2. The third-order valence-corrected chi connectivity index (χ3v) is 2.51. The van der Waals surface area contributed by atoms with Gasteiger partial charge in [0.05, 0.1) is 0 Å². The summed E-state index contributed by atoms with van der Waals surface area (Å²) in [5.41, 5.74) is 0. The minimum Gasteiger partial charge on any atom is -0.416 e. The average molecular weight is 261 g/mol. The van der Waals surface area contributed by atoms with Crippen LogP contribution >= 0.6 is 15.9 Å². The van der Waals surface area contributed by atoms with Gasteiger partial charge in [-0.25, -0.2) is 0 Å². The molecule has 0 amide bonds. The first-order valence-electron chi connectivity index (χ1n) is 5.31. The molecule has 4 heteroatoms. The Kier molecular flexibility index (Phi) is 5.83. The van der Waals surface area contributed by atoms with Crippen molar-refractivity contribution in [2.45, 2.75) is 51.9 Å². The predicted molar refractivity (Wildman–Crippen MR) is 59.1 cm³/mol. The van der Waals surface area contributed by atoms with Crippen molar-refractivity contribution in [3.05, 3.63) is 10.7 Å². The molecule has 0 N–H and O–H groups in total. The summed E-state index contributed by atoms with van der Waals surface area (Å²) in [5.74, 6) is 0.743. The summed E-state index contributed by atoms with van der Waals surface area (Å²) in [7, 11) is 0. The van der Waals surface area contributed by atoms with E-state index in [2.05, 4.69) is 33.1 Å². The topological polar surface area (TPSA) is 38.9 Å². The van der Waals surface area contributed by atoms with Crippen molar-refractivity contribution in [2.75, 3.05) is 0 Å². The summed E-state index contributed by atoms with van der Waals surface area (Å²) < 4.78 is 5.21. The SMILES string of the molecule is CCCCCCCCc1nnc(Br)o1. The van der Waals surface area contributed by atoms with Crippen LogP contribution in [-0.2, 0) is 6.42 Å². The molecule has 1 heterocycles. The minimum atomic E-state index is 0.485. The van der Waals surface area contributed by atoms with Crippen LogP contribution in [0.5, 0.6) is 0 Å². The van der Waals surface area contributed by atoms with E-state index >= 15 is 0 Å². The lowest BCUT2D eigenvalue weighted by Crippen LogP contribution is -1.86. The summed E-state index contributed by atoms with van der Waals surface area (Å²) in [6.45, 7) is 2.23. The van der Waals surface area contributed by atoms with Crippen LogP contribution in [0, 0.1) is 0 Å². The van der Waals surface area contributed by atoms with Crippen LogP contribution in [0.1, 0.15) is 51.3 Å². The molecule has 0 bridgehead atoms. The van der Waals surface area contributed by atoms with E-state index in [1.165, 1.54) is 32.1 Å². The molecule has 0 aliphatic rings. The van der Waals surface area contributed by atoms with Crippen molar-refractivity contribution in [3.63, 3.8) is 0 Å². The van der Waals surface area contributed by atoms with Gasteiger partial charge < -0.3 is 4.42 Å². The molecule has 0 atom stereocenters. The van der Waals surface area contributed by atoms with Gasteiger partial charge in [0.1, 0.15) is 0 Å². The quantitative estimate of drug-likeness (QED) is 0.702. The zero-order valence-electron chi connectivity index (χ0n) is 8.63. The molecule has 1 aromatic heterocycles. The van der Waals surface area contributed by atoms with E-state index in [0.29, 0.717) is 4.80 Å². The lowest BCUT2D eigenvalue weighted by Gasteiger charge is -1.97. The van der Waals surface area contributed by atoms with E-state index in [0.717, 1.165) is 18.7 Å². The first-order valence-corrected chi connectivity index (χ1v) is 6.10. The smallest absolute Gasteiger partial charge is 0.284 e. The molecule has 0 spiro atoms. The molecule has 0 unspecified atom stereocenters. The maximum absolute atomic E-state index is 5.21. The van der Waals surface area contributed by atoms with E-state index in [9.17, 15) is 0 Å². The van der Waals surface area contributed by atoms with Crippen LogP contribution < -0.4 is 0 Å². The molecule has 0 saturated carbocycles. The Labute approximate surface area is 93.4 Å². The Morgan fingerprint density at radius 2 is 1.79 bits per heavy atom. The number of nitrogens with zero attached hydrogens (tertiary/aromatic N) is 2. The summed E-state index contributed by atoms with van der Waals surface area (Å²) in [5, 5.41) is 7.63. The minimum absolute atomic E-state index is 0.485. The van der Waals surface area contributed by atoms with Crippen LogP contribution in [0.2, 0.25) is 0 Å². The molecule has 14 heavy (non-hydrogen) atoms. The van der Waals surface area contributed by atoms with Crippen LogP contribution in [0.25, 0.3) is 0 Å². The number of hydrogen-bond acceptors (Lipinski definition) is 3. The summed E-state index contributed by atoms with van der Waals surface area (Å²) >= 11 is 3.14. The molecule has 0 aliphatic heterocycles. The van der Waals surface area contributed by atoms with Gasteiger partial charge in [-0.05, 0) is 6.42 Å². The van der Waals surface area contributed by atoms with Crippen molar-refractivity contribution in [1.29, 1.82) is 0 Å². The third kappa shape index (κ3) is 4.74. The summed E-state index contributed by atoms with van der Waals surface area (Å²) in [4.78, 5) is 0.485. The monoisotopic (exact) mass is 260 g/mol. The van der Waals surface area contributed by atoms with Gasteiger partial charge >= 0.3 is 0 Å². The number of hydrogen-bond donors (Lipinski definition) is 0. The number of halogens is 1. The van der Waals surface area contributed by atoms with Crippen molar-refractivity contribution in [1.82, 2.24) is 10.2 Å². The van der Waals surface area contributed by atoms with Gasteiger partial charge in [-0.1, -0.05) is 39.0 Å². The molecule has 0 aliphatic carbocycles. The molecule has 3 nitrogen and oxygen atoms in total. The van der Waals surface area contributed by atoms with E-state index in [-0.39, 0.29) is 0 Å². The molecule has 0 radical (unpaired) electrons. The van der Waals surface area contributed by atoms with Crippen LogP contribution in [0.3, 0.4) is 0 Å². The maximum atomic E-state index is 5.21. The van der Waals surface area contributed by atoms with E-state index in [1.54, 1.807) is 0 Å². The van der Waals surface area contributed by atoms with Gasteiger partial charge in [-0.2, -0.15) is 0 Å². The fraction of sp³-hybridized carbons (Fsp3) is 0.800. The lowest BCUT2D eigenvalue weighted by atomic mass is 10.1. The van der Waals surface area contributed by atoms with Gasteiger partial charge in [0, 0.05) is 22.4 Å². The number of unbranched alkanes of at least 4 members (excludes halogenated alkanes) is 5. The molecule has 0 saturated heterocycles. The van der Waals surface area contributed by atoms with Crippen LogP contribution in [0.15, 0.2) is 9.22 Å². The highest BCUT2D eigenvalue weighted by Gasteiger charge is 2.01. The number of rotatable bonds is 7. The molecule has 1 aromatic rings. The van der Waals surface area contributed by atoms with Gasteiger partial charge in [0.15, 0.2) is 0 Å². The first-order chi connectivity index (χ1) is 6.83. The van der Waals surface area contributed by atoms with Crippen molar-refractivity contribution < 1.29 is 4.42 Å². The second-order valence-electron chi connectivity index (χ2n) is 3.47. The van der Waals surface area contributed by atoms with Crippen LogP contribution in [-0.4, -0.2) is 10.2 Å². The fourth-order valence-corrected chi connectivity index (χ4v) is 1.66. The Balaban J connectivity index is 1.99. The van der Waals surface area contributed by atoms with Gasteiger partial charge in [-0.15, -0.1) is 10.2 Å². The third-order valence-electron chi connectivity index (χ3n) is 2.19. The second-order valence-corrected chi connectivity index (χ2v) is 4.14. The Morgan fingerprint density at radius 3 is 2.43 bits per heavy atom. The van der Waals surface area contributed by atoms with Crippen molar-refractivity contribution >= 4 is 15.9 Å². The normalized spacial score (nSPS) is 10.7.